The lowest BCUT2D eigenvalue weighted by Crippen LogP contribution is -2.20. The lowest BCUT2D eigenvalue weighted by molar-refractivity contribution is 0.569. The van der Waals surface area contributed by atoms with E-state index in [1.54, 1.807) is 0 Å². The maximum Gasteiger partial charge on any atom is 0.161 e. The first-order chi connectivity index (χ1) is 16.1. The highest BCUT2D eigenvalue weighted by Crippen LogP contribution is 2.37. The first kappa shape index (κ1) is 19.9. The Morgan fingerprint density at radius 3 is 2.70 bits per heavy atom. The number of hydrogen-bond donors (Lipinski definition) is 0. The summed E-state index contributed by atoms with van der Waals surface area (Å²) < 4.78 is 4.61. The average Bonchev–Trinajstić information content (AvgIpc) is 3.56. The standard InChI is InChI=1S/C28H27N5/c1-3-20-10-11-31(16-20)25-8-9-26-24(12-25)18-32-17-23(22-6-4-21(14-29)5-7-22)13-27(32)28-30-15-19(2)33(26)28/h4-9,12-13,15,17,20H,3,10-11,16,18H2,1-2H3. The van der Waals surface area contributed by atoms with Gasteiger partial charge in [0.1, 0.15) is 0 Å². The highest BCUT2D eigenvalue weighted by Gasteiger charge is 2.25. The molecule has 4 heterocycles. The molecule has 2 aromatic carbocycles. The SMILES string of the molecule is CCC1CCN(c2ccc3c(c2)Cn2cc(-c4ccc(C#N)cc4)cc2-c2ncc(C)n2-3)C1. The molecule has 2 aliphatic rings. The van der Waals surface area contributed by atoms with Gasteiger partial charge in [-0.1, -0.05) is 25.5 Å². The number of rotatable bonds is 3. The van der Waals surface area contributed by atoms with Gasteiger partial charge in [0.15, 0.2) is 5.82 Å². The van der Waals surface area contributed by atoms with Crippen molar-refractivity contribution < 1.29 is 0 Å². The van der Waals surface area contributed by atoms with Crippen LogP contribution in [0.2, 0.25) is 0 Å². The molecule has 164 valence electrons. The van der Waals surface area contributed by atoms with Gasteiger partial charge in [-0.05, 0) is 66.8 Å². The summed E-state index contributed by atoms with van der Waals surface area (Å²) in [5.41, 5.74) is 9.06. The summed E-state index contributed by atoms with van der Waals surface area (Å²) in [6.07, 6.45) is 6.72. The van der Waals surface area contributed by atoms with Crippen LogP contribution in [0.3, 0.4) is 0 Å². The lowest BCUT2D eigenvalue weighted by Gasteiger charge is -2.21. The van der Waals surface area contributed by atoms with Gasteiger partial charge < -0.3 is 9.47 Å². The molecule has 5 heteroatoms. The molecule has 2 aromatic heterocycles. The van der Waals surface area contributed by atoms with Crippen LogP contribution >= 0.6 is 0 Å². The van der Waals surface area contributed by atoms with Gasteiger partial charge in [-0.3, -0.25) is 4.57 Å². The molecule has 0 saturated carbocycles. The molecular weight excluding hydrogens is 406 g/mol. The maximum absolute atomic E-state index is 9.13. The normalized spacial score (nSPS) is 16.6. The number of imidazole rings is 1. The molecule has 1 unspecified atom stereocenters. The monoisotopic (exact) mass is 433 g/mol. The number of aromatic nitrogens is 3. The van der Waals surface area contributed by atoms with Crippen molar-refractivity contribution in [1.82, 2.24) is 14.1 Å². The van der Waals surface area contributed by atoms with Crippen molar-refractivity contribution in [2.45, 2.75) is 33.2 Å². The smallest absolute Gasteiger partial charge is 0.161 e. The van der Waals surface area contributed by atoms with Gasteiger partial charge in [-0.15, -0.1) is 0 Å². The van der Waals surface area contributed by atoms with Crippen molar-refractivity contribution >= 4 is 5.69 Å². The molecule has 6 rings (SSSR count). The Bertz CT molecular complexity index is 1380. The number of hydrogen-bond acceptors (Lipinski definition) is 3. The van der Waals surface area contributed by atoms with Crippen LogP contribution in [0.4, 0.5) is 5.69 Å². The van der Waals surface area contributed by atoms with Gasteiger partial charge in [0.05, 0.1) is 23.0 Å². The minimum absolute atomic E-state index is 0.680. The summed E-state index contributed by atoms with van der Waals surface area (Å²) in [6.45, 7) is 7.53. The average molecular weight is 434 g/mol. The predicted octanol–water partition coefficient (Wildman–Crippen LogP) is 5.79. The fourth-order valence-corrected chi connectivity index (χ4v) is 5.34. The molecule has 33 heavy (non-hydrogen) atoms. The van der Waals surface area contributed by atoms with Crippen molar-refractivity contribution in [3.05, 3.63) is 77.7 Å². The number of benzene rings is 2. The predicted molar refractivity (Wildman–Crippen MR) is 132 cm³/mol. The Labute approximate surface area is 194 Å². The summed E-state index contributed by atoms with van der Waals surface area (Å²) in [4.78, 5) is 7.34. The molecular formula is C28H27N5. The van der Waals surface area contributed by atoms with Gasteiger partial charge in [0.25, 0.3) is 0 Å². The summed E-state index contributed by atoms with van der Waals surface area (Å²) in [5, 5.41) is 9.13. The third-order valence-corrected chi connectivity index (χ3v) is 7.28. The largest absolute Gasteiger partial charge is 0.371 e. The fourth-order valence-electron chi connectivity index (χ4n) is 5.34. The van der Waals surface area contributed by atoms with Crippen LogP contribution < -0.4 is 4.90 Å². The zero-order valence-electron chi connectivity index (χ0n) is 19.1. The van der Waals surface area contributed by atoms with Gasteiger partial charge >= 0.3 is 0 Å². The Morgan fingerprint density at radius 1 is 1.09 bits per heavy atom. The van der Waals surface area contributed by atoms with E-state index in [1.807, 2.05) is 30.5 Å². The first-order valence-corrected chi connectivity index (χ1v) is 11.8. The molecule has 2 aliphatic heterocycles. The minimum Gasteiger partial charge on any atom is -0.371 e. The number of nitrogens with zero attached hydrogens (tertiary/aromatic N) is 5. The van der Waals surface area contributed by atoms with Crippen LogP contribution in [-0.4, -0.2) is 27.2 Å². The van der Waals surface area contributed by atoms with E-state index in [2.05, 4.69) is 64.4 Å². The number of aryl methyl sites for hydroxylation is 1. The molecule has 0 radical (unpaired) electrons. The molecule has 1 atom stereocenters. The number of fused-ring (bicyclic) bond motifs is 5. The van der Waals surface area contributed by atoms with E-state index in [0.717, 1.165) is 53.9 Å². The molecule has 5 nitrogen and oxygen atoms in total. The number of anilines is 1. The van der Waals surface area contributed by atoms with Gasteiger partial charge in [-0.25, -0.2) is 4.98 Å². The Hall–Kier alpha value is -3.78. The van der Waals surface area contributed by atoms with E-state index < -0.39 is 0 Å². The van der Waals surface area contributed by atoms with Crippen molar-refractivity contribution in [1.29, 1.82) is 5.26 Å². The van der Waals surface area contributed by atoms with E-state index in [4.69, 9.17) is 10.2 Å². The van der Waals surface area contributed by atoms with Gasteiger partial charge in [0, 0.05) is 49.0 Å². The Balaban J connectivity index is 1.45. The molecule has 1 fully saturated rings. The van der Waals surface area contributed by atoms with Crippen LogP contribution in [0.25, 0.3) is 28.3 Å². The Kier molecular flexibility index (Phi) is 4.62. The summed E-state index contributed by atoms with van der Waals surface area (Å²) in [5.74, 6) is 1.78. The summed E-state index contributed by atoms with van der Waals surface area (Å²) >= 11 is 0. The van der Waals surface area contributed by atoms with Crippen LogP contribution in [0.15, 0.2) is 60.9 Å². The first-order valence-electron chi connectivity index (χ1n) is 11.8. The maximum atomic E-state index is 9.13. The minimum atomic E-state index is 0.680. The molecule has 0 N–H and O–H groups in total. The lowest BCUT2D eigenvalue weighted by atomic mass is 10.1. The van der Waals surface area contributed by atoms with Crippen LogP contribution in [-0.2, 0) is 6.54 Å². The van der Waals surface area contributed by atoms with Gasteiger partial charge in [0.2, 0.25) is 0 Å². The molecule has 0 amide bonds. The zero-order valence-corrected chi connectivity index (χ0v) is 19.1. The van der Waals surface area contributed by atoms with Crippen molar-refractivity contribution in [2.24, 2.45) is 5.92 Å². The van der Waals surface area contributed by atoms with Crippen molar-refractivity contribution in [3.8, 4) is 34.4 Å². The van der Waals surface area contributed by atoms with Crippen LogP contribution in [0.1, 0.15) is 36.6 Å². The molecule has 0 aliphatic carbocycles. The van der Waals surface area contributed by atoms with E-state index in [0.29, 0.717) is 5.56 Å². The highest BCUT2D eigenvalue weighted by molar-refractivity contribution is 5.73. The van der Waals surface area contributed by atoms with E-state index in [-0.39, 0.29) is 0 Å². The highest BCUT2D eigenvalue weighted by atomic mass is 15.2. The Morgan fingerprint density at radius 2 is 1.94 bits per heavy atom. The second kappa shape index (κ2) is 7.67. The fraction of sp³-hybridized carbons (Fsp3) is 0.286. The van der Waals surface area contributed by atoms with E-state index in [1.165, 1.54) is 29.8 Å². The molecule has 0 spiro atoms. The third-order valence-electron chi connectivity index (χ3n) is 7.28. The molecule has 4 aromatic rings. The summed E-state index contributed by atoms with van der Waals surface area (Å²) in [6, 6.07) is 19.2. The van der Waals surface area contributed by atoms with Crippen molar-refractivity contribution in [3.63, 3.8) is 0 Å². The molecule has 0 bridgehead atoms. The number of nitriles is 1. The van der Waals surface area contributed by atoms with E-state index >= 15 is 0 Å². The summed E-state index contributed by atoms with van der Waals surface area (Å²) in [7, 11) is 0. The second-order valence-corrected chi connectivity index (χ2v) is 9.31. The van der Waals surface area contributed by atoms with Crippen LogP contribution in [0.5, 0.6) is 0 Å². The zero-order chi connectivity index (χ0) is 22.5. The van der Waals surface area contributed by atoms with Crippen LogP contribution in [0, 0.1) is 24.2 Å². The third kappa shape index (κ3) is 3.25. The second-order valence-electron chi connectivity index (χ2n) is 9.31. The quantitative estimate of drug-likeness (QED) is 0.362. The van der Waals surface area contributed by atoms with Gasteiger partial charge in [-0.2, -0.15) is 5.26 Å². The molecule has 1 saturated heterocycles. The van der Waals surface area contributed by atoms with E-state index in [9.17, 15) is 0 Å². The van der Waals surface area contributed by atoms with Crippen molar-refractivity contribution in [2.75, 3.05) is 18.0 Å². The topological polar surface area (TPSA) is 49.8 Å².